The van der Waals surface area contributed by atoms with Crippen molar-refractivity contribution in [3.8, 4) is 17.2 Å². The molecule has 8 nitrogen and oxygen atoms in total. The van der Waals surface area contributed by atoms with Crippen LogP contribution in [0, 0.1) is 10.1 Å². The van der Waals surface area contributed by atoms with Crippen molar-refractivity contribution in [2.75, 3.05) is 13.9 Å². The molecule has 0 fully saturated rings. The van der Waals surface area contributed by atoms with E-state index in [9.17, 15) is 10.1 Å². The predicted octanol–water partition coefficient (Wildman–Crippen LogP) is 1.27. The van der Waals surface area contributed by atoms with Crippen molar-refractivity contribution in [3.63, 3.8) is 0 Å². The van der Waals surface area contributed by atoms with Crippen LogP contribution in [-0.4, -0.2) is 35.8 Å². The van der Waals surface area contributed by atoms with Gasteiger partial charge in [-0.25, -0.2) is 0 Å². The van der Waals surface area contributed by atoms with Crippen LogP contribution < -0.4 is 14.2 Å². The van der Waals surface area contributed by atoms with Gasteiger partial charge in [-0.05, 0) is 12.1 Å². The Morgan fingerprint density at radius 3 is 2.89 bits per heavy atom. The molecule has 19 heavy (non-hydrogen) atoms. The van der Waals surface area contributed by atoms with E-state index in [-0.39, 0.29) is 12.5 Å². The molecule has 0 amide bonds. The van der Waals surface area contributed by atoms with E-state index in [2.05, 4.69) is 5.16 Å². The molecule has 1 unspecified atom stereocenters. The molecule has 1 aromatic rings. The van der Waals surface area contributed by atoms with E-state index in [1.165, 1.54) is 26.2 Å². The van der Waals surface area contributed by atoms with Gasteiger partial charge in [-0.2, -0.15) is 0 Å². The van der Waals surface area contributed by atoms with Crippen LogP contribution >= 0.6 is 0 Å². The van der Waals surface area contributed by atoms with E-state index in [0.717, 1.165) is 0 Å². The third kappa shape index (κ3) is 2.24. The van der Waals surface area contributed by atoms with Crippen LogP contribution in [0.15, 0.2) is 17.3 Å². The summed E-state index contributed by atoms with van der Waals surface area (Å²) >= 11 is 0. The van der Waals surface area contributed by atoms with Crippen LogP contribution in [0.1, 0.15) is 12.5 Å². The fourth-order valence-corrected chi connectivity index (χ4v) is 1.76. The highest BCUT2D eigenvalue weighted by atomic mass is 16.7. The van der Waals surface area contributed by atoms with E-state index in [1.54, 1.807) is 0 Å². The molecule has 1 heterocycles. The Hall–Kier alpha value is -2.51. The van der Waals surface area contributed by atoms with Gasteiger partial charge in [0, 0.05) is 17.4 Å². The van der Waals surface area contributed by atoms with E-state index < -0.39 is 11.0 Å². The van der Waals surface area contributed by atoms with Gasteiger partial charge in [0.15, 0.2) is 17.2 Å². The zero-order valence-electron chi connectivity index (χ0n) is 10.3. The Morgan fingerprint density at radius 1 is 1.58 bits per heavy atom. The first-order valence-corrected chi connectivity index (χ1v) is 5.42. The number of hydrogen-bond acceptors (Lipinski definition) is 7. The second kappa shape index (κ2) is 5.01. The maximum absolute atomic E-state index is 10.8. The monoisotopic (exact) mass is 268 g/mol. The van der Waals surface area contributed by atoms with E-state index in [4.69, 9.17) is 19.4 Å². The van der Waals surface area contributed by atoms with Gasteiger partial charge in [-0.15, -0.1) is 0 Å². The lowest BCUT2D eigenvalue weighted by Crippen LogP contribution is -2.27. The number of nitro groups is 1. The second-order valence-electron chi connectivity index (χ2n) is 3.86. The molecular weight excluding hydrogens is 256 g/mol. The number of oxime groups is 1. The van der Waals surface area contributed by atoms with Gasteiger partial charge in [0.05, 0.1) is 7.11 Å². The Kier molecular flexibility index (Phi) is 3.41. The summed E-state index contributed by atoms with van der Waals surface area (Å²) in [5, 5.41) is 22.8. The molecule has 1 aromatic carbocycles. The molecule has 102 valence electrons. The molecule has 0 aromatic heterocycles. The molecule has 1 atom stereocenters. The molecule has 1 aliphatic rings. The number of fused-ring (bicyclic) bond motifs is 1. The summed E-state index contributed by atoms with van der Waals surface area (Å²) in [6.45, 7) is 1.37. The quantitative estimate of drug-likeness (QED) is 0.381. The van der Waals surface area contributed by atoms with Gasteiger partial charge in [0.2, 0.25) is 12.5 Å². The molecule has 0 saturated heterocycles. The van der Waals surface area contributed by atoms with Crippen LogP contribution in [0.25, 0.3) is 0 Å². The molecule has 1 N–H and O–H groups in total. The minimum Gasteiger partial charge on any atom is -0.493 e. The zero-order valence-corrected chi connectivity index (χ0v) is 10.3. The van der Waals surface area contributed by atoms with Crippen LogP contribution in [-0.2, 0) is 0 Å². The van der Waals surface area contributed by atoms with E-state index in [0.29, 0.717) is 22.8 Å². The minimum absolute atomic E-state index is 0.0472. The summed E-state index contributed by atoms with van der Waals surface area (Å²) in [4.78, 5) is 10.2. The summed E-state index contributed by atoms with van der Waals surface area (Å²) < 4.78 is 15.5. The highest BCUT2D eigenvalue weighted by Crippen LogP contribution is 2.42. The van der Waals surface area contributed by atoms with Crippen molar-refractivity contribution < 1.29 is 24.3 Å². The van der Waals surface area contributed by atoms with Crippen molar-refractivity contribution in [2.45, 2.75) is 13.0 Å². The number of nitrogens with zero attached hydrogens (tertiary/aromatic N) is 2. The molecule has 0 bridgehead atoms. The molecule has 2 rings (SSSR count). The molecule has 8 heteroatoms. The van der Waals surface area contributed by atoms with Gasteiger partial charge in [0.25, 0.3) is 6.04 Å². The molecule has 0 saturated carbocycles. The number of benzene rings is 1. The summed E-state index contributed by atoms with van der Waals surface area (Å²) in [6.07, 6.45) is 0. The first kappa shape index (κ1) is 12.9. The Morgan fingerprint density at radius 2 is 2.32 bits per heavy atom. The Balaban J connectivity index is 2.48. The van der Waals surface area contributed by atoms with Gasteiger partial charge in [0.1, 0.15) is 0 Å². The topological polar surface area (TPSA) is 103 Å². The number of hydrogen-bond donors (Lipinski definition) is 1. The Labute approximate surface area is 108 Å². The van der Waals surface area contributed by atoms with E-state index >= 15 is 0 Å². The average molecular weight is 268 g/mol. The lowest BCUT2D eigenvalue weighted by Gasteiger charge is -2.10. The van der Waals surface area contributed by atoms with Crippen LogP contribution in [0.4, 0.5) is 0 Å². The van der Waals surface area contributed by atoms with Crippen molar-refractivity contribution >= 4 is 5.71 Å². The van der Waals surface area contributed by atoms with Gasteiger partial charge in [-0.1, -0.05) is 5.16 Å². The average Bonchev–Trinajstić information content (AvgIpc) is 2.86. The molecule has 0 radical (unpaired) electrons. The van der Waals surface area contributed by atoms with Crippen LogP contribution in [0.5, 0.6) is 17.2 Å². The van der Waals surface area contributed by atoms with Gasteiger partial charge >= 0.3 is 0 Å². The highest BCUT2D eigenvalue weighted by Gasteiger charge is 2.28. The molecular formula is C11H12N2O6. The lowest BCUT2D eigenvalue weighted by molar-refractivity contribution is -0.498. The fourth-order valence-electron chi connectivity index (χ4n) is 1.76. The maximum Gasteiger partial charge on any atom is 0.255 e. The van der Waals surface area contributed by atoms with Crippen molar-refractivity contribution in [2.24, 2.45) is 5.16 Å². The lowest BCUT2D eigenvalue weighted by atomic mass is 10.0. The number of rotatable bonds is 4. The smallest absolute Gasteiger partial charge is 0.255 e. The van der Waals surface area contributed by atoms with Crippen molar-refractivity contribution in [1.29, 1.82) is 0 Å². The summed E-state index contributed by atoms with van der Waals surface area (Å²) in [5.74, 6) is 1.19. The van der Waals surface area contributed by atoms with Gasteiger partial charge < -0.3 is 19.4 Å². The second-order valence-corrected chi connectivity index (χ2v) is 3.86. The Bertz CT molecular complexity index is 542. The van der Waals surface area contributed by atoms with Crippen molar-refractivity contribution in [3.05, 3.63) is 27.8 Å². The fraction of sp³-hybridized carbons (Fsp3) is 0.364. The maximum atomic E-state index is 10.8. The predicted molar refractivity (Wildman–Crippen MR) is 63.9 cm³/mol. The number of ether oxygens (including phenoxy) is 3. The summed E-state index contributed by atoms with van der Waals surface area (Å²) in [7, 11) is 1.44. The first-order chi connectivity index (χ1) is 9.08. The SMILES string of the molecule is COc1cc(C(=NO)C(C)[N+](=O)[O-])cc2c1OCO2. The van der Waals surface area contributed by atoms with Crippen LogP contribution in [0.3, 0.4) is 0 Å². The standard InChI is InChI=1S/C11H12N2O6/c1-6(13(15)16)10(12-14)7-3-8(17-2)11-9(4-7)18-5-19-11/h3-4,6,14H,5H2,1-2H3. The van der Waals surface area contributed by atoms with Crippen LogP contribution in [0.2, 0.25) is 0 Å². The zero-order chi connectivity index (χ0) is 14.0. The van der Waals surface area contributed by atoms with Crippen molar-refractivity contribution in [1.82, 2.24) is 0 Å². The van der Waals surface area contributed by atoms with E-state index in [1.807, 2.05) is 0 Å². The molecule has 0 aliphatic carbocycles. The van der Waals surface area contributed by atoms with Gasteiger partial charge in [-0.3, -0.25) is 10.1 Å². The first-order valence-electron chi connectivity index (χ1n) is 5.42. The third-order valence-corrected chi connectivity index (χ3v) is 2.77. The normalized spacial score (nSPS) is 15.2. The molecule has 1 aliphatic heterocycles. The summed E-state index contributed by atoms with van der Waals surface area (Å²) in [5.41, 5.74) is 0.259. The summed E-state index contributed by atoms with van der Waals surface area (Å²) in [6, 6.07) is 1.86. The highest BCUT2D eigenvalue weighted by molar-refractivity contribution is 6.04. The third-order valence-electron chi connectivity index (χ3n) is 2.77. The molecule has 0 spiro atoms. The number of methoxy groups -OCH3 is 1. The minimum atomic E-state index is -1.16. The largest absolute Gasteiger partial charge is 0.493 e.